The van der Waals surface area contributed by atoms with Crippen molar-refractivity contribution in [1.29, 1.82) is 0 Å². The fourth-order valence-electron chi connectivity index (χ4n) is 3.37. The lowest BCUT2D eigenvalue weighted by atomic mass is 10.0. The summed E-state index contributed by atoms with van der Waals surface area (Å²) in [6.07, 6.45) is 2.76. The Hall–Kier alpha value is -4.21. The third kappa shape index (κ3) is 3.37. The number of carbonyl (C=O) groups is 2. The molecule has 4 N–H and O–H groups in total. The van der Waals surface area contributed by atoms with Gasteiger partial charge in [-0.2, -0.15) is 0 Å². The molecule has 0 bridgehead atoms. The van der Waals surface area contributed by atoms with Crippen LogP contribution in [0.4, 0.5) is 4.39 Å². The van der Waals surface area contributed by atoms with E-state index in [1.165, 1.54) is 18.3 Å². The molecule has 158 valence electrons. The van der Waals surface area contributed by atoms with Crippen LogP contribution in [0.25, 0.3) is 17.2 Å². The molecular weight excluding hydrogens is 407 g/mol. The van der Waals surface area contributed by atoms with E-state index >= 15 is 0 Å². The number of aromatic hydroxyl groups is 1. The Labute approximate surface area is 174 Å². The van der Waals surface area contributed by atoms with Gasteiger partial charge in [0.1, 0.15) is 22.4 Å². The van der Waals surface area contributed by atoms with Gasteiger partial charge in [-0.05, 0) is 24.6 Å². The average Bonchev–Trinajstić information content (AvgIpc) is 2.74. The van der Waals surface area contributed by atoms with E-state index in [9.17, 15) is 23.9 Å². The highest BCUT2D eigenvalue weighted by Crippen LogP contribution is 2.38. The molecule has 0 atom stereocenters. The monoisotopic (exact) mass is 424 g/mol. The highest BCUT2D eigenvalue weighted by Gasteiger charge is 2.29. The first-order valence-corrected chi connectivity index (χ1v) is 9.33. The van der Waals surface area contributed by atoms with Crippen LogP contribution in [0.15, 0.2) is 41.0 Å². The molecular formula is C21H17FN4O5. The number of nitrogens with zero attached hydrogens (tertiary/aromatic N) is 2. The number of carbonyl (C=O) groups excluding carboxylic acids is 2. The molecule has 0 spiro atoms. The summed E-state index contributed by atoms with van der Waals surface area (Å²) in [5, 5.41) is 13.0. The number of halogens is 1. The van der Waals surface area contributed by atoms with E-state index in [0.717, 1.165) is 16.3 Å². The number of hydrogen-bond acceptors (Lipinski definition) is 6. The van der Waals surface area contributed by atoms with E-state index in [-0.39, 0.29) is 29.0 Å². The Morgan fingerprint density at radius 3 is 2.65 bits per heavy atom. The summed E-state index contributed by atoms with van der Waals surface area (Å²) in [5.74, 6) is -2.85. The van der Waals surface area contributed by atoms with Crippen molar-refractivity contribution in [3.8, 4) is 11.5 Å². The van der Waals surface area contributed by atoms with Gasteiger partial charge < -0.3 is 20.9 Å². The molecule has 0 radical (unpaired) electrons. The van der Waals surface area contributed by atoms with Gasteiger partial charge in [0, 0.05) is 24.7 Å². The van der Waals surface area contributed by atoms with Crippen LogP contribution in [0.5, 0.6) is 11.5 Å². The number of amides is 2. The molecule has 10 heteroatoms. The number of likely N-dealkylation sites (N-methyl/N-ethyl adjacent to an activating group) is 1. The van der Waals surface area contributed by atoms with Crippen molar-refractivity contribution in [2.24, 2.45) is 5.73 Å². The minimum atomic E-state index is -1.13. The van der Waals surface area contributed by atoms with Gasteiger partial charge in [-0.1, -0.05) is 12.1 Å². The van der Waals surface area contributed by atoms with Gasteiger partial charge in [0.05, 0.1) is 6.20 Å². The predicted octanol–water partition coefficient (Wildman–Crippen LogP) is 1.26. The summed E-state index contributed by atoms with van der Waals surface area (Å²) in [6, 6.07) is 5.76. The molecule has 9 nitrogen and oxygen atoms in total. The average molecular weight is 424 g/mol. The maximum absolute atomic E-state index is 13.3. The molecule has 2 amide bonds. The first kappa shape index (κ1) is 20.1. The molecule has 1 aliphatic heterocycles. The summed E-state index contributed by atoms with van der Waals surface area (Å²) in [5.41, 5.74) is 4.91. The maximum Gasteiger partial charge on any atom is 0.288 e. The molecule has 3 heterocycles. The Kier molecular flexibility index (Phi) is 4.90. The summed E-state index contributed by atoms with van der Waals surface area (Å²) < 4.78 is 20.1. The Balaban J connectivity index is 1.98. The second-order valence-corrected chi connectivity index (χ2v) is 6.83. The van der Waals surface area contributed by atoms with Gasteiger partial charge in [-0.3, -0.25) is 23.9 Å². The van der Waals surface area contributed by atoms with E-state index in [4.69, 9.17) is 10.5 Å². The van der Waals surface area contributed by atoms with Gasteiger partial charge in [-0.25, -0.2) is 4.39 Å². The number of nitrogens with one attached hydrogen (secondary N) is 1. The Morgan fingerprint density at radius 2 is 2.00 bits per heavy atom. The van der Waals surface area contributed by atoms with Crippen molar-refractivity contribution in [3.05, 3.63) is 69.1 Å². The van der Waals surface area contributed by atoms with Crippen LogP contribution >= 0.6 is 0 Å². The molecule has 0 fully saturated rings. The Morgan fingerprint density at radius 1 is 1.29 bits per heavy atom. The van der Waals surface area contributed by atoms with Crippen LogP contribution < -0.4 is 21.3 Å². The first-order chi connectivity index (χ1) is 14.8. The third-order valence-electron chi connectivity index (χ3n) is 4.79. The molecule has 2 aromatic heterocycles. The van der Waals surface area contributed by atoms with E-state index < -0.39 is 34.5 Å². The van der Waals surface area contributed by atoms with Gasteiger partial charge >= 0.3 is 0 Å². The van der Waals surface area contributed by atoms with Crippen molar-refractivity contribution >= 4 is 29.0 Å². The highest BCUT2D eigenvalue weighted by molar-refractivity contribution is 6.04. The van der Waals surface area contributed by atoms with E-state index in [1.807, 2.05) is 0 Å². The summed E-state index contributed by atoms with van der Waals surface area (Å²) in [7, 11) is 0. The van der Waals surface area contributed by atoms with Crippen LogP contribution in [0.2, 0.25) is 0 Å². The number of ether oxygens (including phenoxy) is 1. The minimum absolute atomic E-state index is 0.0835. The van der Waals surface area contributed by atoms with Crippen LogP contribution in [-0.2, 0) is 11.2 Å². The van der Waals surface area contributed by atoms with Crippen LogP contribution in [0.1, 0.15) is 28.4 Å². The smallest absolute Gasteiger partial charge is 0.288 e. The summed E-state index contributed by atoms with van der Waals surface area (Å²) >= 11 is 0. The van der Waals surface area contributed by atoms with Crippen molar-refractivity contribution in [2.45, 2.75) is 13.3 Å². The highest BCUT2D eigenvalue weighted by atomic mass is 19.1. The van der Waals surface area contributed by atoms with Gasteiger partial charge in [-0.15, -0.1) is 0 Å². The lowest BCUT2D eigenvalue weighted by Crippen LogP contribution is -2.33. The van der Waals surface area contributed by atoms with E-state index in [0.29, 0.717) is 12.1 Å². The van der Waals surface area contributed by atoms with Gasteiger partial charge in [0.25, 0.3) is 17.4 Å². The lowest BCUT2D eigenvalue weighted by Gasteiger charge is -2.22. The minimum Gasteiger partial charge on any atom is -0.505 e. The molecule has 0 aliphatic carbocycles. The largest absolute Gasteiger partial charge is 0.505 e. The van der Waals surface area contributed by atoms with Gasteiger partial charge in [0.2, 0.25) is 5.76 Å². The molecule has 3 aromatic rings. The van der Waals surface area contributed by atoms with Crippen LogP contribution in [0.3, 0.4) is 0 Å². The molecule has 0 unspecified atom stereocenters. The predicted molar refractivity (Wildman–Crippen MR) is 109 cm³/mol. The molecule has 1 aromatic carbocycles. The number of pyridine rings is 2. The normalized spacial score (nSPS) is 12.3. The first-order valence-electron chi connectivity index (χ1n) is 9.33. The molecule has 0 saturated heterocycles. The molecule has 0 saturated carbocycles. The maximum atomic E-state index is 13.3. The van der Waals surface area contributed by atoms with Crippen molar-refractivity contribution in [1.82, 2.24) is 14.9 Å². The SMILES string of the molecule is CCNC(=O)C1=Cn2c(=O)c(C(N)=O)c(O)c3ncc(Cc4ccc(F)cc4)c(c32)O1. The fourth-order valence-corrected chi connectivity index (χ4v) is 3.37. The topological polar surface area (TPSA) is 137 Å². The van der Waals surface area contributed by atoms with Crippen molar-refractivity contribution in [3.63, 3.8) is 0 Å². The quantitative estimate of drug-likeness (QED) is 0.564. The van der Waals surface area contributed by atoms with Crippen LogP contribution in [0, 0.1) is 5.82 Å². The van der Waals surface area contributed by atoms with Gasteiger partial charge in [0.15, 0.2) is 11.5 Å². The zero-order chi connectivity index (χ0) is 22.3. The number of rotatable bonds is 5. The van der Waals surface area contributed by atoms with Crippen molar-refractivity contribution in [2.75, 3.05) is 6.54 Å². The third-order valence-corrected chi connectivity index (χ3v) is 4.79. The molecule has 31 heavy (non-hydrogen) atoms. The van der Waals surface area contributed by atoms with Crippen molar-refractivity contribution < 1.29 is 23.8 Å². The fraction of sp³-hybridized carbons (Fsp3) is 0.143. The summed E-state index contributed by atoms with van der Waals surface area (Å²) in [6.45, 7) is 2.03. The standard InChI is InChI=1S/C21H17FN4O5/c1-2-24-20(29)13-9-26-16-15(17(27)14(19(23)28)21(26)30)25-8-11(18(16)31-13)7-10-3-5-12(22)6-4-10/h3-6,8-9,27H,2,7H2,1H3,(H2,23,28)(H,24,29). The molecule has 1 aliphatic rings. The number of aromatic nitrogens is 2. The second-order valence-electron chi connectivity index (χ2n) is 6.83. The van der Waals surface area contributed by atoms with E-state index in [2.05, 4.69) is 10.3 Å². The molecule has 4 rings (SSSR count). The number of nitrogens with two attached hydrogens (primary N) is 1. The Bertz CT molecular complexity index is 1330. The number of primary amides is 1. The zero-order valence-corrected chi connectivity index (χ0v) is 16.3. The summed E-state index contributed by atoms with van der Waals surface area (Å²) in [4.78, 5) is 41.3. The number of benzene rings is 1. The number of hydrogen-bond donors (Lipinski definition) is 3. The lowest BCUT2D eigenvalue weighted by molar-refractivity contribution is -0.119. The second kappa shape index (κ2) is 7.56. The zero-order valence-electron chi connectivity index (χ0n) is 16.3. The van der Waals surface area contributed by atoms with Crippen LogP contribution in [-0.4, -0.2) is 33.0 Å². The van der Waals surface area contributed by atoms with E-state index in [1.54, 1.807) is 19.1 Å².